The first-order chi connectivity index (χ1) is 3.95. The van der Waals surface area contributed by atoms with E-state index in [-0.39, 0.29) is 11.8 Å². The molecule has 3 nitrogen and oxygen atoms in total. The number of halogens is 1. The topological polar surface area (TPSA) is 54.4 Å². The van der Waals surface area contributed by atoms with Gasteiger partial charge in [-0.2, -0.15) is 8.42 Å². The maximum absolute atomic E-state index is 11.9. The van der Waals surface area contributed by atoms with Gasteiger partial charge in [0.2, 0.25) is 0 Å². The Bertz CT molecular complexity index is 204. The maximum atomic E-state index is 11.9. The van der Waals surface area contributed by atoms with Gasteiger partial charge in [-0.05, 0) is 6.42 Å². The number of hydrogen-bond acceptors (Lipinski definition) is 2. The van der Waals surface area contributed by atoms with Crippen LogP contribution in [0, 0.1) is 0 Å². The summed E-state index contributed by atoms with van der Waals surface area (Å²) in [6.45, 7) is 1.44. The van der Waals surface area contributed by atoms with Crippen LogP contribution in [0.1, 0.15) is 13.3 Å². The molecule has 0 heterocycles. The van der Waals surface area contributed by atoms with Crippen molar-refractivity contribution in [2.45, 2.75) is 13.3 Å². The summed E-state index contributed by atoms with van der Waals surface area (Å²) in [6, 6.07) is 0. The highest BCUT2D eigenvalue weighted by atomic mass is 32.2. The fraction of sp³-hybridized carbons (Fsp3) is 0.500. The molecule has 0 unspecified atom stereocenters. The summed E-state index contributed by atoms with van der Waals surface area (Å²) in [5.41, 5.74) is 0. The molecular formula is C4H7FO3S. The third-order valence-corrected chi connectivity index (χ3v) is 1.17. The molecule has 0 aliphatic rings. The fourth-order valence-electron chi connectivity index (χ4n) is 0.245. The SMILES string of the molecule is CCC(F)=CS(=O)(=O)O. The number of allylic oxidation sites excluding steroid dienone is 1. The van der Waals surface area contributed by atoms with Gasteiger partial charge in [0, 0.05) is 0 Å². The molecule has 9 heavy (non-hydrogen) atoms. The summed E-state index contributed by atoms with van der Waals surface area (Å²) in [5.74, 6) is -0.850. The molecule has 0 rings (SSSR count). The highest BCUT2D eigenvalue weighted by Crippen LogP contribution is 2.02. The molecule has 0 aromatic carbocycles. The Balaban J connectivity index is 4.32. The first-order valence-corrected chi connectivity index (χ1v) is 3.79. The third kappa shape index (κ3) is 5.45. The molecule has 0 atom stereocenters. The predicted octanol–water partition coefficient (Wildman–Crippen LogP) is 1.10. The second kappa shape index (κ2) is 2.93. The zero-order chi connectivity index (χ0) is 7.49. The first-order valence-electron chi connectivity index (χ1n) is 2.29. The molecule has 0 aromatic rings. The van der Waals surface area contributed by atoms with E-state index in [4.69, 9.17) is 4.55 Å². The largest absolute Gasteiger partial charge is 0.290 e. The zero-order valence-corrected chi connectivity index (χ0v) is 5.65. The highest BCUT2D eigenvalue weighted by Gasteiger charge is 2.00. The highest BCUT2D eigenvalue weighted by molar-refractivity contribution is 7.88. The molecule has 0 aliphatic heterocycles. The lowest BCUT2D eigenvalue weighted by Crippen LogP contribution is -1.90. The van der Waals surface area contributed by atoms with E-state index in [1.54, 1.807) is 0 Å². The third-order valence-electron chi connectivity index (χ3n) is 0.615. The van der Waals surface area contributed by atoms with Crippen molar-refractivity contribution in [3.8, 4) is 0 Å². The van der Waals surface area contributed by atoms with Gasteiger partial charge in [0.25, 0.3) is 10.1 Å². The Morgan fingerprint density at radius 1 is 1.78 bits per heavy atom. The van der Waals surface area contributed by atoms with E-state index in [1.807, 2.05) is 0 Å². The minimum absolute atomic E-state index is 0.0280. The van der Waals surface area contributed by atoms with E-state index in [0.29, 0.717) is 0 Å². The van der Waals surface area contributed by atoms with Gasteiger partial charge in [-0.25, -0.2) is 4.39 Å². The molecule has 1 N–H and O–H groups in total. The predicted molar refractivity (Wildman–Crippen MR) is 31.0 cm³/mol. The Morgan fingerprint density at radius 3 is 2.33 bits per heavy atom. The minimum atomic E-state index is -4.27. The lowest BCUT2D eigenvalue weighted by molar-refractivity contribution is 0.491. The molecule has 0 aromatic heterocycles. The Morgan fingerprint density at radius 2 is 2.22 bits per heavy atom. The zero-order valence-electron chi connectivity index (χ0n) is 4.83. The molecule has 0 spiro atoms. The normalized spacial score (nSPS) is 13.9. The van der Waals surface area contributed by atoms with E-state index in [9.17, 15) is 12.8 Å². The van der Waals surface area contributed by atoms with Gasteiger partial charge < -0.3 is 0 Å². The Labute approximate surface area is 52.9 Å². The van der Waals surface area contributed by atoms with Gasteiger partial charge >= 0.3 is 0 Å². The summed E-state index contributed by atoms with van der Waals surface area (Å²) in [5, 5.41) is 0.188. The lowest BCUT2D eigenvalue weighted by Gasteiger charge is -1.86. The quantitative estimate of drug-likeness (QED) is 0.606. The molecule has 0 aliphatic carbocycles. The summed E-state index contributed by atoms with van der Waals surface area (Å²) in [7, 11) is -4.27. The number of rotatable bonds is 2. The van der Waals surface area contributed by atoms with Gasteiger partial charge in [-0.3, -0.25) is 4.55 Å². The van der Waals surface area contributed by atoms with Crippen LogP contribution >= 0.6 is 0 Å². The monoisotopic (exact) mass is 154 g/mol. The second-order valence-corrected chi connectivity index (χ2v) is 2.70. The lowest BCUT2D eigenvalue weighted by atomic mass is 10.5. The standard InChI is InChI=1S/C4H7FO3S/c1-2-4(5)3-9(6,7)8/h3H,2H2,1H3,(H,6,7,8). The van der Waals surface area contributed by atoms with E-state index >= 15 is 0 Å². The first kappa shape index (κ1) is 8.58. The van der Waals surface area contributed by atoms with Crippen LogP contribution in [0.5, 0.6) is 0 Å². The fourth-order valence-corrected chi connectivity index (χ4v) is 0.735. The molecule has 0 saturated carbocycles. The molecular weight excluding hydrogens is 147 g/mol. The van der Waals surface area contributed by atoms with Crippen molar-refractivity contribution < 1.29 is 17.4 Å². The van der Waals surface area contributed by atoms with Crippen molar-refractivity contribution in [1.29, 1.82) is 0 Å². The van der Waals surface area contributed by atoms with Crippen LogP contribution in [-0.4, -0.2) is 13.0 Å². The van der Waals surface area contributed by atoms with E-state index in [2.05, 4.69) is 0 Å². The summed E-state index contributed by atoms with van der Waals surface area (Å²) >= 11 is 0. The van der Waals surface area contributed by atoms with Crippen molar-refractivity contribution >= 4 is 10.1 Å². The number of hydrogen-bond donors (Lipinski definition) is 1. The summed E-state index contributed by atoms with van der Waals surface area (Å²) < 4.78 is 39.6. The van der Waals surface area contributed by atoms with Crippen molar-refractivity contribution in [2.24, 2.45) is 0 Å². The second-order valence-electron chi connectivity index (χ2n) is 1.43. The Kier molecular flexibility index (Phi) is 2.80. The van der Waals surface area contributed by atoms with Crippen LogP contribution < -0.4 is 0 Å². The molecule has 54 valence electrons. The molecule has 0 radical (unpaired) electrons. The Hall–Kier alpha value is -0.420. The van der Waals surface area contributed by atoms with Gasteiger partial charge in [0.05, 0.1) is 5.41 Å². The molecule has 0 fully saturated rings. The van der Waals surface area contributed by atoms with Crippen molar-refractivity contribution in [3.05, 3.63) is 11.2 Å². The molecule has 0 amide bonds. The molecule has 5 heteroatoms. The van der Waals surface area contributed by atoms with E-state index in [0.717, 1.165) is 0 Å². The van der Waals surface area contributed by atoms with Gasteiger partial charge in [-0.1, -0.05) is 6.92 Å². The van der Waals surface area contributed by atoms with Crippen LogP contribution in [0.15, 0.2) is 11.2 Å². The van der Waals surface area contributed by atoms with Crippen LogP contribution in [0.4, 0.5) is 4.39 Å². The maximum Gasteiger partial charge on any atom is 0.290 e. The van der Waals surface area contributed by atoms with Crippen molar-refractivity contribution in [2.75, 3.05) is 0 Å². The van der Waals surface area contributed by atoms with Gasteiger partial charge in [0.15, 0.2) is 0 Å². The van der Waals surface area contributed by atoms with Crippen molar-refractivity contribution in [1.82, 2.24) is 0 Å². The molecule has 0 bridgehead atoms. The van der Waals surface area contributed by atoms with Crippen LogP contribution in [-0.2, 0) is 10.1 Å². The van der Waals surface area contributed by atoms with E-state index in [1.165, 1.54) is 6.92 Å². The summed E-state index contributed by atoms with van der Waals surface area (Å²) in [6.07, 6.45) is -0.0280. The van der Waals surface area contributed by atoms with Gasteiger partial charge in [-0.15, -0.1) is 0 Å². The minimum Gasteiger partial charge on any atom is -0.282 e. The summed E-state index contributed by atoms with van der Waals surface area (Å²) in [4.78, 5) is 0. The van der Waals surface area contributed by atoms with Gasteiger partial charge in [0.1, 0.15) is 5.83 Å². The van der Waals surface area contributed by atoms with E-state index < -0.39 is 15.9 Å². The average molecular weight is 154 g/mol. The van der Waals surface area contributed by atoms with Crippen LogP contribution in [0.25, 0.3) is 0 Å². The van der Waals surface area contributed by atoms with Crippen LogP contribution in [0.2, 0.25) is 0 Å². The van der Waals surface area contributed by atoms with Crippen LogP contribution in [0.3, 0.4) is 0 Å². The smallest absolute Gasteiger partial charge is 0.282 e. The molecule has 0 saturated heterocycles. The average Bonchev–Trinajstić information content (AvgIpc) is 1.62. The van der Waals surface area contributed by atoms with Crippen molar-refractivity contribution in [3.63, 3.8) is 0 Å².